The Kier molecular flexibility index (Phi) is 2.06. The smallest absolute Gasteiger partial charge is 0.178 e. The van der Waals surface area contributed by atoms with Crippen LogP contribution in [0.2, 0.25) is 0 Å². The first-order chi connectivity index (χ1) is 6.83. The van der Waals surface area contributed by atoms with Gasteiger partial charge in [0.2, 0.25) is 0 Å². The van der Waals surface area contributed by atoms with Crippen LogP contribution in [0.25, 0.3) is 0 Å². The molecule has 0 aromatic rings. The van der Waals surface area contributed by atoms with Gasteiger partial charge in [-0.05, 0) is 12.8 Å². The fourth-order valence-corrected chi connectivity index (χ4v) is 2.41. The van der Waals surface area contributed by atoms with Crippen molar-refractivity contribution in [2.24, 2.45) is 0 Å². The van der Waals surface area contributed by atoms with E-state index in [1.165, 1.54) is 0 Å². The minimum Gasteiger partial charge on any atom is -0.349 e. The summed E-state index contributed by atoms with van der Waals surface area (Å²) in [5.41, 5.74) is 0. The van der Waals surface area contributed by atoms with Crippen molar-refractivity contribution < 1.29 is 18.9 Å². The molecular weight excluding hydrogens is 184 g/mol. The number of hydrogen-bond acceptors (Lipinski definition) is 4. The topological polar surface area (TPSA) is 36.9 Å². The lowest BCUT2D eigenvalue weighted by molar-refractivity contribution is -0.427. The predicted molar refractivity (Wildman–Crippen MR) is 47.7 cm³/mol. The third-order valence-electron chi connectivity index (χ3n) is 3.12. The summed E-state index contributed by atoms with van der Waals surface area (Å²) >= 11 is 0. The van der Waals surface area contributed by atoms with E-state index in [4.69, 9.17) is 18.9 Å². The van der Waals surface area contributed by atoms with E-state index >= 15 is 0 Å². The molecule has 4 heteroatoms. The summed E-state index contributed by atoms with van der Waals surface area (Å²) in [6, 6.07) is 0. The van der Waals surface area contributed by atoms with Gasteiger partial charge >= 0.3 is 0 Å². The summed E-state index contributed by atoms with van der Waals surface area (Å²) in [6.07, 6.45) is 3.47. The highest BCUT2D eigenvalue weighted by molar-refractivity contribution is 4.98. The molecule has 0 bridgehead atoms. The van der Waals surface area contributed by atoms with Gasteiger partial charge < -0.3 is 18.9 Å². The van der Waals surface area contributed by atoms with Crippen LogP contribution in [-0.4, -0.2) is 38.0 Å². The van der Waals surface area contributed by atoms with Crippen molar-refractivity contribution in [1.82, 2.24) is 0 Å². The van der Waals surface area contributed by atoms with Gasteiger partial charge in [-0.25, -0.2) is 0 Å². The second kappa shape index (κ2) is 3.17. The number of ether oxygens (including phenoxy) is 4. The lowest BCUT2D eigenvalue weighted by atomic mass is 9.82. The van der Waals surface area contributed by atoms with Gasteiger partial charge in [0.25, 0.3) is 0 Å². The Morgan fingerprint density at radius 1 is 0.571 bits per heavy atom. The molecule has 4 nitrogen and oxygen atoms in total. The van der Waals surface area contributed by atoms with Gasteiger partial charge in [-0.1, -0.05) is 0 Å². The largest absolute Gasteiger partial charge is 0.349 e. The first-order valence-corrected chi connectivity index (χ1v) is 5.39. The van der Waals surface area contributed by atoms with E-state index in [1.54, 1.807) is 0 Å². The maximum absolute atomic E-state index is 5.65. The molecule has 0 atom stereocenters. The Morgan fingerprint density at radius 3 is 1.29 bits per heavy atom. The summed E-state index contributed by atoms with van der Waals surface area (Å²) in [5, 5.41) is 0. The minimum atomic E-state index is -0.379. The molecule has 2 spiro atoms. The molecule has 80 valence electrons. The van der Waals surface area contributed by atoms with Gasteiger partial charge in [0.1, 0.15) is 0 Å². The fraction of sp³-hybridized carbons (Fsp3) is 1.00. The van der Waals surface area contributed by atoms with E-state index in [2.05, 4.69) is 0 Å². The molecule has 3 rings (SSSR count). The number of rotatable bonds is 0. The van der Waals surface area contributed by atoms with Crippen molar-refractivity contribution in [3.8, 4) is 0 Å². The zero-order valence-electron chi connectivity index (χ0n) is 8.29. The SMILES string of the molecule is C1COC2(CC3(C2)OCCCO3)OC1. The van der Waals surface area contributed by atoms with Crippen molar-refractivity contribution in [1.29, 1.82) is 0 Å². The molecule has 0 N–H and O–H groups in total. The highest BCUT2D eigenvalue weighted by Gasteiger charge is 2.60. The van der Waals surface area contributed by atoms with E-state index in [9.17, 15) is 0 Å². The van der Waals surface area contributed by atoms with E-state index in [-0.39, 0.29) is 11.6 Å². The Balaban J connectivity index is 1.62. The second-order valence-electron chi connectivity index (χ2n) is 4.28. The summed E-state index contributed by atoms with van der Waals surface area (Å²) < 4.78 is 22.6. The first-order valence-electron chi connectivity index (χ1n) is 5.39. The lowest BCUT2D eigenvalue weighted by Crippen LogP contribution is -2.64. The predicted octanol–water partition coefficient (Wildman–Crippen LogP) is 1.05. The summed E-state index contributed by atoms with van der Waals surface area (Å²) in [4.78, 5) is 0. The average Bonchev–Trinajstić information content (AvgIpc) is 2.18. The van der Waals surface area contributed by atoms with Gasteiger partial charge in [-0.2, -0.15) is 0 Å². The van der Waals surface area contributed by atoms with E-state index in [0.29, 0.717) is 0 Å². The van der Waals surface area contributed by atoms with Crippen LogP contribution in [0.1, 0.15) is 25.7 Å². The minimum absolute atomic E-state index is 0.379. The Bertz CT molecular complexity index is 184. The standard InChI is InChI=1S/C10H16O4/c1-3-11-9(12-4-1)7-10(8-9)13-5-2-6-14-10/h1-8H2. The van der Waals surface area contributed by atoms with Crippen molar-refractivity contribution >= 4 is 0 Å². The quantitative estimate of drug-likeness (QED) is 0.585. The average molecular weight is 200 g/mol. The molecule has 0 aromatic carbocycles. The molecule has 0 unspecified atom stereocenters. The first kappa shape index (κ1) is 9.09. The Labute approximate surface area is 83.5 Å². The van der Waals surface area contributed by atoms with Gasteiger partial charge in [0, 0.05) is 0 Å². The molecule has 3 aliphatic rings. The van der Waals surface area contributed by atoms with Crippen LogP contribution in [0, 0.1) is 0 Å². The molecule has 14 heavy (non-hydrogen) atoms. The zero-order valence-corrected chi connectivity index (χ0v) is 8.29. The van der Waals surface area contributed by atoms with Crippen LogP contribution in [-0.2, 0) is 18.9 Å². The van der Waals surface area contributed by atoms with Crippen LogP contribution in [0.3, 0.4) is 0 Å². The molecule has 1 aliphatic carbocycles. The Hall–Kier alpha value is -0.160. The molecule has 0 aromatic heterocycles. The molecule has 0 amide bonds. The third-order valence-corrected chi connectivity index (χ3v) is 3.12. The van der Waals surface area contributed by atoms with Crippen LogP contribution >= 0.6 is 0 Å². The maximum Gasteiger partial charge on any atom is 0.178 e. The van der Waals surface area contributed by atoms with Gasteiger partial charge in [0.05, 0.1) is 39.3 Å². The Morgan fingerprint density at radius 2 is 0.929 bits per heavy atom. The molecule has 1 saturated carbocycles. The molecule has 0 radical (unpaired) electrons. The van der Waals surface area contributed by atoms with Crippen LogP contribution in [0.4, 0.5) is 0 Å². The van der Waals surface area contributed by atoms with Crippen LogP contribution in [0.15, 0.2) is 0 Å². The zero-order chi connectivity index (χ0) is 9.49. The summed E-state index contributed by atoms with van der Waals surface area (Å²) in [5.74, 6) is -0.759. The van der Waals surface area contributed by atoms with Crippen molar-refractivity contribution in [3.05, 3.63) is 0 Å². The highest BCUT2D eigenvalue weighted by Crippen LogP contribution is 2.50. The van der Waals surface area contributed by atoms with Gasteiger partial charge in [-0.3, -0.25) is 0 Å². The number of hydrogen-bond donors (Lipinski definition) is 0. The van der Waals surface area contributed by atoms with Crippen molar-refractivity contribution in [2.75, 3.05) is 26.4 Å². The van der Waals surface area contributed by atoms with E-state index in [1.807, 2.05) is 0 Å². The van der Waals surface area contributed by atoms with Gasteiger partial charge in [-0.15, -0.1) is 0 Å². The fourth-order valence-electron chi connectivity index (χ4n) is 2.41. The van der Waals surface area contributed by atoms with Gasteiger partial charge in [0.15, 0.2) is 11.6 Å². The molecule has 3 fully saturated rings. The molecule has 2 saturated heterocycles. The maximum atomic E-state index is 5.65. The van der Waals surface area contributed by atoms with Crippen molar-refractivity contribution in [3.63, 3.8) is 0 Å². The summed E-state index contributed by atoms with van der Waals surface area (Å²) in [6.45, 7) is 3.21. The molecular formula is C10H16O4. The monoisotopic (exact) mass is 200 g/mol. The van der Waals surface area contributed by atoms with E-state index < -0.39 is 0 Å². The molecule has 2 aliphatic heterocycles. The summed E-state index contributed by atoms with van der Waals surface area (Å²) in [7, 11) is 0. The normalized spacial score (nSPS) is 34.3. The second-order valence-corrected chi connectivity index (χ2v) is 4.28. The van der Waals surface area contributed by atoms with E-state index in [0.717, 1.165) is 52.1 Å². The van der Waals surface area contributed by atoms with Crippen LogP contribution in [0.5, 0.6) is 0 Å². The van der Waals surface area contributed by atoms with Crippen LogP contribution < -0.4 is 0 Å². The van der Waals surface area contributed by atoms with Crippen molar-refractivity contribution in [2.45, 2.75) is 37.3 Å². The third kappa shape index (κ3) is 1.37. The highest BCUT2D eigenvalue weighted by atomic mass is 16.8. The lowest BCUT2D eigenvalue weighted by Gasteiger charge is -2.56. The molecule has 2 heterocycles.